The molecular weight excluding hydrogens is 432 g/mol. The standard InChI is InChI=1S/C20H19ClN2O4S2/c1-13-4-2-3-5-16(13)23-17-11-29(25,26)12-18(17)28-20(23)22-19(24)10-27-15-8-6-14(21)7-9-15/h2-9,17-18H,10-12H2,1H3/t17-,18+/m1/s1. The molecule has 2 atom stereocenters. The molecule has 0 aromatic heterocycles. The molecule has 0 spiro atoms. The molecule has 0 saturated carbocycles. The Morgan fingerprint density at radius 2 is 1.93 bits per heavy atom. The number of nitrogens with zero attached hydrogens (tertiary/aromatic N) is 2. The van der Waals surface area contributed by atoms with E-state index in [1.54, 1.807) is 24.3 Å². The Hall–Kier alpha value is -2.03. The fourth-order valence-corrected chi connectivity index (χ4v) is 7.54. The van der Waals surface area contributed by atoms with Gasteiger partial charge in [-0.25, -0.2) is 8.42 Å². The number of anilines is 1. The van der Waals surface area contributed by atoms with E-state index in [-0.39, 0.29) is 29.4 Å². The van der Waals surface area contributed by atoms with Gasteiger partial charge in [-0.15, -0.1) is 0 Å². The molecule has 4 rings (SSSR count). The summed E-state index contributed by atoms with van der Waals surface area (Å²) in [4.78, 5) is 18.6. The number of carbonyl (C=O) groups is 1. The molecule has 2 aromatic rings. The number of amides is 1. The number of rotatable bonds is 4. The number of carbonyl (C=O) groups excluding carboxylic acids is 1. The molecule has 0 unspecified atom stereocenters. The summed E-state index contributed by atoms with van der Waals surface area (Å²) < 4.78 is 29.8. The van der Waals surface area contributed by atoms with E-state index in [0.717, 1.165) is 11.3 Å². The van der Waals surface area contributed by atoms with Crippen LogP contribution in [-0.4, -0.2) is 48.9 Å². The van der Waals surface area contributed by atoms with E-state index in [4.69, 9.17) is 16.3 Å². The lowest BCUT2D eigenvalue weighted by atomic mass is 10.1. The number of thioether (sulfide) groups is 1. The average Bonchev–Trinajstić information content (AvgIpc) is 3.13. The van der Waals surface area contributed by atoms with Crippen LogP contribution >= 0.6 is 23.4 Å². The van der Waals surface area contributed by atoms with Crippen LogP contribution in [0.5, 0.6) is 5.75 Å². The molecule has 0 aliphatic carbocycles. The van der Waals surface area contributed by atoms with Crippen molar-refractivity contribution < 1.29 is 17.9 Å². The quantitative estimate of drug-likeness (QED) is 0.711. The van der Waals surface area contributed by atoms with Gasteiger partial charge in [0.1, 0.15) is 5.75 Å². The van der Waals surface area contributed by atoms with Crippen LogP contribution in [-0.2, 0) is 14.6 Å². The zero-order valence-electron chi connectivity index (χ0n) is 15.6. The van der Waals surface area contributed by atoms with Gasteiger partial charge in [0.05, 0.1) is 17.5 Å². The van der Waals surface area contributed by atoms with Crippen LogP contribution in [0.2, 0.25) is 5.02 Å². The lowest BCUT2D eigenvalue weighted by Crippen LogP contribution is -2.38. The van der Waals surface area contributed by atoms with Crippen LogP contribution in [0.1, 0.15) is 5.56 Å². The summed E-state index contributed by atoms with van der Waals surface area (Å²) in [5, 5.41) is 0.971. The number of aryl methyl sites for hydroxylation is 1. The molecule has 2 aromatic carbocycles. The van der Waals surface area contributed by atoms with Crippen LogP contribution in [0.25, 0.3) is 0 Å². The fraction of sp³-hybridized carbons (Fsp3) is 0.300. The largest absolute Gasteiger partial charge is 0.484 e. The number of sulfone groups is 1. The lowest BCUT2D eigenvalue weighted by Gasteiger charge is -2.26. The zero-order valence-corrected chi connectivity index (χ0v) is 18.0. The van der Waals surface area contributed by atoms with E-state index in [2.05, 4.69) is 4.99 Å². The second kappa shape index (κ2) is 8.01. The first kappa shape index (κ1) is 20.3. The van der Waals surface area contributed by atoms with E-state index >= 15 is 0 Å². The van der Waals surface area contributed by atoms with Gasteiger partial charge in [0.2, 0.25) is 0 Å². The summed E-state index contributed by atoms with van der Waals surface area (Å²) in [5.41, 5.74) is 1.87. The van der Waals surface area contributed by atoms with E-state index in [1.165, 1.54) is 11.8 Å². The van der Waals surface area contributed by atoms with Gasteiger partial charge in [-0.3, -0.25) is 4.79 Å². The normalized spacial score (nSPS) is 23.9. The molecule has 152 valence electrons. The smallest absolute Gasteiger partial charge is 0.285 e. The Balaban J connectivity index is 1.57. The average molecular weight is 451 g/mol. The fourth-order valence-electron chi connectivity index (χ4n) is 3.49. The number of amidine groups is 1. The number of halogens is 1. The number of hydrogen-bond acceptors (Lipinski definition) is 5. The summed E-state index contributed by atoms with van der Waals surface area (Å²) in [6, 6.07) is 14.2. The third kappa shape index (κ3) is 4.44. The predicted molar refractivity (Wildman–Crippen MR) is 117 cm³/mol. The third-order valence-corrected chi connectivity index (χ3v) is 8.30. The van der Waals surface area contributed by atoms with Crippen LogP contribution < -0.4 is 9.64 Å². The molecule has 2 aliphatic heterocycles. The van der Waals surface area contributed by atoms with Gasteiger partial charge >= 0.3 is 0 Å². The Morgan fingerprint density at radius 3 is 2.66 bits per heavy atom. The van der Waals surface area contributed by atoms with Crippen molar-refractivity contribution in [1.82, 2.24) is 0 Å². The maximum atomic E-state index is 12.5. The highest BCUT2D eigenvalue weighted by atomic mass is 35.5. The van der Waals surface area contributed by atoms with E-state index in [1.807, 2.05) is 36.1 Å². The second-order valence-electron chi connectivity index (χ2n) is 6.99. The predicted octanol–water partition coefficient (Wildman–Crippen LogP) is 3.33. The van der Waals surface area contributed by atoms with Crippen LogP contribution in [0, 0.1) is 6.92 Å². The minimum Gasteiger partial charge on any atom is -0.484 e. The first-order valence-corrected chi connectivity index (χ1v) is 12.1. The number of ether oxygens (including phenoxy) is 1. The molecule has 0 bridgehead atoms. The minimum absolute atomic E-state index is 0.0630. The summed E-state index contributed by atoms with van der Waals surface area (Å²) in [7, 11) is -3.10. The number of benzene rings is 2. The third-order valence-electron chi connectivity index (χ3n) is 4.84. The first-order valence-electron chi connectivity index (χ1n) is 9.04. The second-order valence-corrected chi connectivity index (χ2v) is 10.8. The molecule has 1 amide bonds. The van der Waals surface area contributed by atoms with Gasteiger partial charge in [-0.1, -0.05) is 41.6 Å². The monoisotopic (exact) mass is 450 g/mol. The summed E-state index contributed by atoms with van der Waals surface area (Å²) >= 11 is 7.20. The van der Waals surface area contributed by atoms with Crippen molar-refractivity contribution in [2.45, 2.75) is 18.2 Å². The van der Waals surface area contributed by atoms with Crippen LogP contribution in [0.3, 0.4) is 0 Å². The van der Waals surface area contributed by atoms with E-state index in [0.29, 0.717) is 15.9 Å². The Labute approximate surface area is 178 Å². The Morgan fingerprint density at radius 1 is 1.21 bits per heavy atom. The van der Waals surface area contributed by atoms with Gasteiger partial charge in [-0.2, -0.15) is 4.99 Å². The Bertz CT molecular complexity index is 1070. The van der Waals surface area contributed by atoms with Gasteiger partial charge in [0, 0.05) is 16.0 Å². The lowest BCUT2D eigenvalue weighted by molar-refractivity contribution is -0.119. The van der Waals surface area contributed by atoms with Crippen molar-refractivity contribution in [3.63, 3.8) is 0 Å². The summed E-state index contributed by atoms with van der Waals surface area (Å²) in [6.07, 6.45) is 0. The van der Waals surface area contributed by atoms with Crippen molar-refractivity contribution in [3.8, 4) is 5.75 Å². The molecular formula is C20H19ClN2O4S2. The summed E-state index contributed by atoms with van der Waals surface area (Å²) in [5.74, 6) is 0.261. The molecule has 9 heteroatoms. The molecule has 2 heterocycles. The maximum Gasteiger partial charge on any atom is 0.285 e. The van der Waals surface area contributed by atoms with Gasteiger partial charge < -0.3 is 9.64 Å². The van der Waals surface area contributed by atoms with Crippen molar-refractivity contribution in [2.75, 3.05) is 23.0 Å². The van der Waals surface area contributed by atoms with Crippen molar-refractivity contribution in [2.24, 2.45) is 4.99 Å². The number of hydrogen-bond donors (Lipinski definition) is 0. The van der Waals surface area contributed by atoms with Crippen molar-refractivity contribution in [1.29, 1.82) is 0 Å². The van der Waals surface area contributed by atoms with E-state index in [9.17, 15) is 13.2 Å². The molecule has 2 saturated heterocycles. The highest BCUT2D eigenvalue weighted by Crippen LogP contribution is 2.41. The van der Waals surface area contributed by atoms with Crippen molar-refractivity contribution >= 4 is 50.0 Å². The Kier molecular flexibility index (Phi) is 5.59. The van der Waals surface area contributed by atoms with Crippen molar-refractivity contribution in [3.05, 3.63) is 59.1 Å². The molecule has 29 heavy (non-hydrogen) atoms. The topological polar surface area (TPSA) is 76.0 Å². The van der Waals surface area contributed by atoms with Crippen LogP contribution in [0.15, 0.2) is 53.5 Å². The molecule has 6 nitrogen and oxygen atoms in total. The minimum atomic E-state index is -3.10. The molecule has 2 aliphatic rings. The number of para-hydroxylation sites is 1. The van der Waals surface area contributed by atoms with E-state index < -0.39 is 15.7 Å². The van der Waals surface area contributed by atoms with Gasteiger partial charge in [0.15, 0.2) is 21.6 Å². The highest BCUT2D eigenvalue weighted by Gasteiger charge is 2.49. The highest BCUT2D eigenvalue weighted by molar-refractivity contribution is 8.16. The van der Waals surface area contributed by atoms with Crippen LogP contribution in [0.4, 0.5) is 5.69 Å². The molecule has 0 N–H and O–H groups in total. The molecule has 0 radical (unpaired) electrons. The zero-order chi connectivity index (χ0) is 20.6. The van der Waals surface area contributed by atoms with Gasteiger partial charge in [0.25, 0.3) is 5.91 Å². The first-order chi connectivity index (χ1) is 13.8. The SMILES string of the molecule is Cc1ccccc1N1C(=NC(=O)COc2ccc(Cl)cc2)S[C@H]2CS(=O)(=O)C[C@H]21. The molecule has 2 fully saturated rings. The maximum absolute atomic E-state index is 12.5. The van der Waals surface area contributed by atoms with Gasteiger partial charge in [-0.05, 0) is 42.8 Å². The number of aliphatic imine (C=N–C) groups is 1. The summed E-state index contributed by atoms with van der Waals surface area (Å²) in [6.45, 7) is 1.75. The number of fused-ring (bicyclic) bond motifs is 1.